The summed E-state index contributed by atoms with van der Waals surface area (Å²) in [6.07, 6.45) is 5.13. The van der Waals surface area contributed by atoms with Crippen LogP contribution >= 0.6 is 11.3 Å². The molecule has 1 aromatic rings. The van der Waals surface area contributed by atoms with Crippen molar-refractivity contribution in [3.8, 4) is 0 Å². The molecule has 1 atom stereocenters. The normalized spacial score (nSPS) is 17.3. The zero-order chi connectivity index (χ0) is 13.7. The van der Waals surface area contributed by atoms with E-state index in [2.05, 4.69) is 5.32 Å². The Labute approximate surface area is 116 Å². The maximum atomic E-state index is 12.0. The number of nitrogens with one attached hydrogen (secondary N) is 1. The van der Waals surface area contributed by atoms with E-state index < -0.39 is 12.0 Å². The Morgan fingerprint density at radius 3 is 2.74 bits per heavy atom. The molecule has 19 heavy (non-hydrogen) atoms. The molecule has 0 spiro atoms. The summed E-state index contributed by atoms with van der Waals surface area (Å²) in [6.45, 7) is 0. The largest absolute Gasteiger partial charge is 0.481 e. The number of aliphatic carboxylic acids is 1. The van der Waals surface area contributed by atoms with Gasteiger partial charge in [0.25, 0.3) is 0 Å². The SMILES string of the molecule is O=C(O)C[C@@H](NC(=O)CC1CCCC1)c1cccs1. The average Bonchev–Trinajstić information content (AvgIpc) is 2.99. The van der Waals surface area contributed by atoms with E-state index >= 15 is 0 Å². The van der Waals surface area contributed by atoms with E-state index in [9.17, 15) is 9.59 Å². The van der Waals surface area contributed by atoms with Crippen LogP contribution in [0.25, 0.3) is 0 Å². The summed E-state index contributed by atoms with van der Waals surface area (Å²) in [4.78, 5) is 23.8. The Bertz CT molecular complexity index is 424. The summed E-state index contributed by atoms with van der Waals surface area (Å²) < 4.78 is 0. The van der Waals surface area contributed by atoms with Crippen molar-refractivity contribution in [2.75, 3.05) is 0 Å². The molecule has 2 N–H and O–H groups in total. The zero-order valence-corrected chi connectivity index (χ0v) is 11.6. The van der Waals surface area contributed by atoms with Crippen LogP contribution in [-0.4, -0.2) is 17.0 Å². The summed E-state index contributed by atoms with van der Waals surface area (Å²) >= 11 is 1.48. The molecule has 2 rings (SSSR count). The third-order valence-electron chi connectivity index (χ3n) is 3.55. The number of amides is 1. The first kappa shape index (κ1) is 14.1. The van der Waals surface area contributed by atoms with E-state index in [1.165, 1.54) is 24.2 Å². The molecule has 0 unspecified atom stereocenters. The third kappa shape index (κ3) is 4.35. The summed E-state index contributed by atoms with van der Waals surface area (Å²) in [5.41, 5.74) is 0. The Morgan fingerprint density at radius 1 is 1.42 bits per heavy atom. The molecular weight excluding hydrogens is 262 g/mol. The fourth-order valence-corrected chi connectivity index (χ4v) is 3.39. The molecular formula is C14H19NO3S. The van der Waals surface area contributed by atoms with Gasteiger partial charge in [-0.05, 0) is 30.2 Å². The minimum atomic E-state index is -0.889. The molecule has 1 aliphatic carbocycles. The van der Waals surface area contributed by atoms with Gasteiger partial charge in [0.15, 0.2) is 0 Å². The van der Waals surface area contributed by atoms with Gasteiger partial charge in [0.05, 0.1) is 12.5 Å². The molecule has 5 heteroatoms. The number of carbonyl (C=O) groups is 2. The Hall–Kier alpha value is -1.36. The maximum Gasteiger partial charge on any atom is 0.305 e. The monoisotopic (exact) mass is 281 g/mol. The number of hydrogen-bond donors (Lipinski definition) is 2. The quantitative estimate of drug-likeness (QED) is 0.842. The Kier molecular flexibility index (Phi) is 4.96. The van der Waals surface area contributed by atoms with Crippen molar-refractivity contribution < 1.29 is 14.7 Å². The minimum absolute atomic E-state index is 0.0217. The molecule has 1 saturated carbocycles. The summed E-state index contributed by atoms with van der Waals surface area (Å²) in [7, 11) is 0. The second-order valence-electron chi connectivity index (χ2n) is 5.09. The highest BCUT2D eigenvalue weighted by atomic mass is 32.1. The van der Waals surface area contributed by atoms with Crippen LogP contribution in [0.2, 0.25) is 0 Å². The van der Waals surface area contributed by atoms with Gasteiger partial charge in [-0.1, -0.05) is 18.9 Å². The second-order valence-corrected chi connectivity index (χ2v) is 6.07. The highest BCUT2D eigenvalue weighted by Gasteiger charge is 2.22. The fourth-order valence-electron chi connectivity index (χ4n) is 2.62. The Morgan fingerprint density at radius 2 is 2.16 bits per heavy atom. The molecule has 1 aromatic heterocycles. The van der Waals surface area contributed by atoms with Crippen molar-refractivity contribution >= 4 is 23.2 Å². The van der Waals surface area contributed by atoms with Crippen LogP contribution in [0.1, 0.15) is 49.4 Å². The van der Waals surface area contributed by atoms with E-state index in [0.717, 1.165) is 17.7 Å². The molecule has 0 bridgehead atoms. The van der Waals surface area contributed by atoms with E-state index in [0.29, 0.717) is 12.3 Å². The predicted molar refractivity (Wildman–Crippen MR) is 74.0 cm³/mol. The van der Waals surface area contributed by atoms with Crippen LogP contribution in [0, 0.1) is 5.92 Å². The lowest BCUT2D eigenvalue weighted by atomic mass is 10.0. The van der Waals surface area contributed by atoms with Gasteiger partial charge in [0.2, 0.25) is 5.91 Å². The van der Waals surface area contributed by atoms with Gasteiger partial charge in [-0.25, -0.2) is 0 Å². The van der Waals surface area contributed by atoms with E-state index in [-0.39, 0.29) is 12.3 Å². The molecule has 1 amide bonds. The van der Waals surface area contributed by atoms with Gasteiger partial charge in [-0.15, -0.1) is 11.3 Å². The lowest BCUT2D eigenvalue weighted by Crippen LogP contribution is -2.30. The topological polar surface area (TPSA) is 66.4 Å². The first-order valence-corrected chi connectivity index (χ1v) is 7.57. The van der Waals surface area contributed by atoms with Crippen LogP contribution in [0.3, 0.4) is 0 Å². The van der Waals surface area contributed by atoms with Crippen LogP contribution in [0.5, 0.6) is 0 Å². The highest BCUT2D eigenvalue weighted by Crippen LogP contribution is 2.28. The number of hydrogen-bond acceptors (Lipinski definition) is 3. The molecule has 0 aliphatic heterocycles. The summed E-state index contributed by atoms with van der Waals surface area (Å²) in [5, 5.41) is 13.7. The highest BCUT2D eigenvalue weighted by molar-refractivity contribution is 7.10. The number of carboxylic acid groups (broad SMARTS) is 1. The minimum Gasteiger partial charge on any atom is -0.481 e. The number of rotatable bonds is 6. The van der Waals surface area contributed by atoms with Crippen molar-refractivity contribution in [3.63, 3.8) is 0 Å². The lowest BCUT2D eigenvalue weighted by Gasteiger charge is -2.17. The van der Waals surface area contributed by atoms with E-state index in [1.54, 1.807) is 0 Å². The lowest BCUT2D eigenvalue weighted by molar-refractivity contribution is -0.137. The van der Waals surface area contributed by atoms with Crippen LogP contribution in [-0.2, 0) is 9.59 Å². The van der Waals surface area contributed by atoms with Crippen molar-refractivity contribution in [2.45, 2.75) is 44.6 Å². The summed E-state index contributed by atoms with van der Waals surface area (Å²) in [5.74, 6) is -0.431. The van der Waals surface area contributed by atoms with E-state index in [1.807, 2.05) is 17.5 Å². The first-order valence-electron chi connectivity index (χ1n) is 6.69. The molecule has 104 valence electrons. The Balaban J connectivity index is 1.91. The van der Waals surface area contributed by atoms with Crippen molar-refractivity contribution in [1.82, 2.24) is 5.32 Å². The van der Waals surface area contributed by atoms with Gasteiger partial charge >= 0.3 is 5.97 Å². The molecule has 0 aromatic carbocycles. The molecule has 1 heterocycles. The number of carboxylic acids is 1. The molecule has 0 radical (unpaired) electrons. The van der Waals surface area contributed by atoms with Crippen LogP contribution < -0.4 is 5.32 Å². The van der Waals surface area contributed by atoms with Gasteiger partial charge < -0.3 is 10.4 Å². The number of thiophene rings is 1. The average molecular weight is 281 g/mol. The van der Waals surface area contributed by atoms with Gasteiger partial charge in [0.1, 0.15) is 0 Å². The van der Waals surface area contributed by atoms with Gasteiger partial charge in [-0.3, -0.25) is 9.59 Å². The zero-order valence-electron chi connectivity index (χ0n) is 10.8. The van der Waals surface area contributed by atoms with Crippen LogP contribution in [0.4, 0.5) is 0 Å². The van der Waals surface area contributed by atoms with Crippen molar-refractivity contribution in [2.24, 2.45) is 5.92 Å². The van der Waals surface area contributed by atoms with E-state index in [4.69, 9.17) is 5.11 Å². The molecule has 0 saturated heterocycles. The molecule has 1 aliphatic rings. The summed E-state index contributed by atoms with van der Waals surface area (Å²) in [6, 6.07) is 3.35. The van der Waals surface area contributed by atoms with Crippen molar-refractivity contribution in [1.29, 1.82) is 0 Å². The third-order valence-corrected chi connectivity index (χ3v) is 4.54. The maximum absolute atomic E-state index is 12.0. The predicted octanol–water partition coefficient (Wildman–Crippen LogP) is 2.96. The second kappa shape index (κ2) is 6.70. The standard InChI is InChI=1S/C14H19NO3S/c16-13(8-10-4-1-2-5-10)15-11(9-14(17)18)12-6-3-7-19-12/h3,6-7,10-11H,1-2,4-5,8-9H2,(H,15,16)(H,17,18)/t11-/m1/s1. The van der Waals surface area contributed by atoms with Gasteiger partial charge in [0, 0.05) is 11.3 Å². The fraction of sp³-hybridized carbons (Fsp3) is 0.571. The first-order chi connectivity index (χ1) is 9.15. The molecule has 1 fully saturated rings. The van der Waals surface area contributed by atoms with Gasteiger partial charge in [-0.2, -0.15) is 0 Å². The van der Waals surface area contributed by atoms with Crippen molar-refractivity contribution in [3.05, 3.63) is 22.4 Å². The molecule has 4 nitrogen and oxygen atoms in total. The smallest absolute Gasteiger partial charge is 0.305 e. The number of carbonyl (C=O) groups excluding carboxylic acids is 1. The van der Waals surface area contributed by atoms with Crippen LogP contribution in [0.15, 0.2) is 17.5 Å².